The van der Waals surface area contributed by atoms with Crippen molar-refractivity contribution in [2.45, 2.75) is 84.3 Å². The minimum Gasteiger partial charge on any atom is -0.459 e. The van der Waals surface area contributed by atoms with Crippen molar-refractivity contribution in [3.8, 4) is 0 Å². The molecule has 5 atom stereocenters. The van der Waals surface area contributed by atoms with E-state index in [2.05, 4.69) is 13.8 Å². The van der Waals surface area contributed by atoms with Crippen molar-refractivity contribution in [1.82, 2.24) is 0 Å². The van der Waals surface area contributed by atoms with E-state index in [0.29, 0.717) is 30.1 Å². The predicted molar refractivity (Wildman–Crippen MR) is 86.2 cm³/mol. The fraction of sp³-hybridized carbons (Fsp3) is 0.947. The third kappa shape index (κ3) is 2.93. The number of fused-ring (bicyclic) bond motifs is 2. The number of hydrogen-bond donors (Lipinski definition) is 1. The lowest BCUT2D eigenvalue weighted by Crippen LogP contribution is -2.56. The second-order valence-electron chi connectivity index (χ2n) is 9.34. The van der Waals surface area contributed by atoms with Crippen LogP contribution in [0.5, 0.6) is 0 Å². The number of esters is 1. The number of hydrogen-bond acceptors (Lipinski definition) is 3. The Morgan fingerprint density at radius 2 is 2.00 bits per heavy atom. The molecule has 3 nitrogen and oxygen atoms in total. The molecule has 0 radical (unpaired) electrons. The molecule has 3 saturated carbocycles. The summed E-state index contributed by atoms with van der Waals surface area (Å²) in [6.45, 7) is 8.29. The third-order valence-corrected chi connectivity index (χ3v) is 6.30. The van der Waals surface area contributed by atoms with Gasteiger partial charge >= 0.3 is 5.97 Å². The molecule has 0 spiro atoms. The Morgan fingerprint density at radius 1 is 1.27 bits per heavy atom. The SMILES string of the molecule is CC(C)CC(C)(C)C(=O)OC12CC3CCC(C(O)C1)C(C3)C2. The highest BCUT2D eigenvalue weighted by Gasteiger charge is 2.55. The lowest BCUT2D eigenvalue weighted by Gasteiger charge is -2.56. The molecule has 126 valence electrons. The van der Waals surface area contributed by atoms with Gasteiger partial charge in [0, 0.05) is 6.42 Å². The van der Waals surface area contributed by atoms with E-state index >= 15 is 0 Å². The topological polar surface area (TPSA) is 46.5 Å². The molecule has 0 amide bonds. The van der Waals surface area contributed by atoms with Crippen LogP contribution in [0.3, 0.4) is 0 Å². The molecule has 1 N–H and O–H groups in total. The van der Waals surface area contributed by atoms with Crippen LogP contribution in [0.1, 0.15) is 72.6 Å². The first-order valence-electron chi connectivity index (χ1n) is 9.12. The fourth-order valence-electron chi connectivity index (χ4n) is 5.66. The number of carbonyl (C=O) groups is 1. The lowest BCUT2D eigenvalue weighted by molar-refractivity contribution is -0.204. The Morgan fingerprint density at radius 3 is 2.68 bits per heavy atom. The van der Waals surface area contributed by atoms with Crippen molar-refractivity contribution < 1.29 is 14.6 Å². The number of ether oxygens (including phenoxy) is 1. The smallest absolute Gasteiger partial charge is 0.312 e. The van der Waals surface area contributed by atoms with Gasteiger partial charge in [0.25, 0.3) is 0 Å². The summed E-state index contributed by atoms with van der Waals surface area (Å²) in [4.78, 5) is 12.8. The van der Waals surface area contributed by atoms with E-state index in [4.69, 9.17) is 4.74 Å². The summed E-state index contributed by atoms with van der Waals surface area (Å²) in [5.41, 5.74) is -0.813. The van der Waals surface area contributed by atoms with E-state index in [0.717, 1.165) is 19.3 Å². The van der Waals surface area contributed by atoms with E-state index < -0.39 is 5.41 Å². The Kier molecular flexibility index (Phi) is 4.08. The molecule has 0 aromatic rings. The quantitative estimate of drug-likeness (QED) is 0.800. The van der Waals surface area contributed by atoms with Crippen LogP contribution in [0.2, 0.25) is 0 Å². The van der Waals surface area contributed by atoms with Crippen LogP contribution in [-0.4, -0.2) is 22.8 Å². The average molecular weight is 308 g/mol. The Bertz CT molecular complexity index is 432. The first-order valence-corrected chi connectivity index (χ1v) is 9.12. The van der Waals surface area contributed by atoms with Crippen molar-refractivity contribution in [3.63, 3.8) is 0 Å². The highest BCUT2D eigenvalue weighted by atomic mass is 16.6. The molecule has 0 aliphatic heterocycles. The maximum Gasteiger partial charge on any atom is 0.312 e. The number of aliphatic hydroxyl groups excluding tert-OH is 1. The zero-order valence-electron chi connectivity index (χ0n) is 14.6. The van der Waals surface area contributed by atoms with Crippen LogP contribution in [-0.2, 0) is 9.53 Å². The van der Waals surface area contributed by atoms with Crippen LogP contribution < -0.4 is 0 Å². The minimum atomic E-state index is -0.433. The van der Waals surface area contributed by atoms with Gasteiger partial charge in [-0.3, -0.25) is 4.79 Å². The molecule has 0 aromatic heterocycles. The van der Waals surface area contributed by atoms with Gasteiger partial charge in [0.1, 0.15) is 5.60 Å². The molecular formula is C19H32O3. The van der Waals surface area contributed by atoms with Gasteiger partial charge in [-0.2, -0.15) is 0 Å². The average Bonchev–Trinajstić information content (AvgIpc) is 2.34. The van der Waals surface area contributed by atoms with Crippen molar-refractivity contribution in [1.29, 1.82) is 0 Å². The number of rotatable bonds is 4. The van der Waals surface area contributed by atoms with Crippen LogP contribution in [0.15, 0.2) is 0 Å². The molecule has 3 aliphatic rings. The molecule has 3 rings (SSSR count). The number of carbonyl (C=O) groups excluding carboxylic acids is 1. The summed E-state index contributed by atoms with van der Waals surface area (Å²) in [5.74, 6) is 2.13. The third-order valence-electron chi connectivity index (χ3n) is 6.30. The zero-order valence-corrected chi connectivity index (χ0v) is 14.6. The van der Waals surface area contributed by atoms with E-state index in [1.54, 1.807) is 0 Å². The van der Waals surface area contributed by atoms with E-state index in [1.165, 1.54) is 19.3 Å². The summed E-state index contributed by atoms with van der Waals surface area (Å²) in [6.07, 6.45) is 6.78. The largest absolute Gasteiger partial charge is 0.459 e. The summed E-state index contributed by atoms with van der Waals surface area (Å²) < 4.78 is 6.14. The summed E-state index contributed by atoms with van der Waals surface area (Å²) in [5, 5.41) is 10.5. The van der Waals surface area contributed by atoms with Crippen molar-refractivity contribution in [2.75, 3.05) is 0 Å². The van der Waals surface area contributed by atoms with Gasteiger partial charge in [-0.25, -0.2) is 0 Å². The van der Waals surface area contributed by atoms with E-state index in [1.807, 2.05) is 13.8 Å². The van der Waals surface area contributed by atoms with Crippen molar-refractivity contribution in [3.05, 3.63) is 0 Å². The lowest BCUT2D eigenvalue weighted by atomic mass is 9.55. The molecule has 3 aliphatic carbocycles. The summed E-state index contributed by atoms with van der Waals surface area (Å²) in [7, 11) is 0. The summed E-state index contributed by atoms with van der Waals surface area (Å²) >= 11 is 0. The van der Waals surface area contributed by atoms with Gasteiger partial charge < -0.3 is 9.84 Å². The van der Waals surface area contributed by atoms with Gasteiger partial charge in [-0.1, -0.05) is 13.8 Å². The Labute approximate surface area is 134 Å². The van der Waals surface area contributed by atoms with Crippen molar-refractivity contribution in [2.24, 2.45) is 29.1 Å². The predicted octanol–water partition coefficient (Wildman–Crippen LogP) is 3.93. The summed E-state index contributed by atoms with van der Waals surface area (Å²) in [6, 6.07) is 0. The van der Waals surface area contributed by atoms with Crippen molar-refractivity contribution >= 4 is 5.97 Å². The molecule has 5 unspecified atom stereocenters. The second kappa shape index (κ2) is 5.51. The molecular weight excluding hydrogens is 276 g/mol. The molecule has 3 heteroatoms. The minimum absolute atomic E-state index is 0.0631. The molecule has 0 aromatic carbocycles. The van der Waals surface area contributed by atoms with Crippen LogP contribution >= 0.6 is 0 Å². The van der Waals surface area contributed by atoms with E-state index in [-0.39, 0.29) is 17.7 Å². The molecule has 0 heterocycles. The van der Waals surface area contributed by atoms with Crippen LogP contribution in [0.25, 0.3) is 0 Å². The maximum atomic E-state index is 12.8. The Balaban J connectivity index is 1.75. The van der Waals surface area contributed by atoms with Gasteiger partial charge in [0.2, 0.25) is 0 Å². The first kappa shape index (κ1) is 16.3. The molecule has 22 heavy (non-hydrogen) atoms. The standard InChI is InChI=1S/C19H32O3/c1-12(2)8-18(3,4)17(21)22-19-9-13-5-6-15(16(20)11-19)14(7-13)10-19/h12-16,20H,5-11H2,1-4H3. The Hall–Kier alpha value is -0.570. The van der Waals surface area contributed by atoms with E-state index in [9.17, 15) is 9.90 Å². The van der Waals surface area contributed by atoms with Gasteiger partial charge in [0.15, 0.2) is 0 Å². The molecule has 0 saturated heterocycles. The van der Waals surface area contributed by atoms with Crippen LogP contribution in [0, 0.1) is 29.1 Å². The number of aliphatic hydroxyl groups is 1. The highest BCUT2D eigenvalue weighted by Crippen LogP contribution is 2.56. The normalized spacial score (nSPS) is 40.8. The van der Waals surface area contributed by atoms with Crippen LogP contribution in [0.4, 0.5) is 0 Å². The zero-order chi connectivity index (χ0) is 16.1. The molecule has 3 bridgehead atoms. The van der Waals surface area contributed by atoms with Gasteiger partial charge in [0.05, 0.1) is 11.5 Å². The van der Waals surface area contributed by atoms with Gasteiger partial charge in [-0.15, -0.1) is 0 Å². The highest BCUT2D eigenvalue weighted by molar-refractivity contribution is 5.76. The monoisotopic (exact) mass is 308 g/mol. The second-order valence-corrected chi connectivity index (χ2v) is 9.34. The van der Waals surface area contributed by atoms with Gasteiger partial charge in [-0.05, 0) is 76.0 Å². The molecule has 3 fully saturated rings. The maximum absolute atomic E-state index is 12.8. The fourth-order valence-corrected chi connectivity index (χ4v) is 5.66. The first-order chi connectivity index (χ1) is 10.2.